The zero-order chi connectivity index (χ0) is 18.4. The summed E-state index contributed by atoms with van der Waals surface area (Å²) in [6.45, 7) is 4.97. The van der Waals surface area contributed by atoms with Crippen LogP contribution in [0.5, 0.6) is 11.5 Å². The van der Waals surface area contributed by atoms with Gasteiger partial charge in [-0.25, -0.2) is 4.79 Å². The second-order valence-electron chi connectivity index (χ2n) is 6.07. The lowest BCUT2D eigenvalue weighted by molar-refractivity contribution is 0.0697. The van der Waals surface area contributed by atoms with Crippen LogP contribution in [0.3, 0.4) is 0 Å². The van der Waals surface area contributed by atoms with Gasteiger partial charge in [0.1, 0.15) is 0 Å². The van der Waals surface area contributed by atoms with Gasteiger partial charge in [0.15, 0.2) is 11.5 Å². The number of hydrogen-bond donors (Lipinski definition) is 2. The van der Waals surface area contributed by atoms with Gasteiger partial charge in [-0.2, -0.15) is 0 Å². The first-order valence-corrected chi connectivity index (χ1v) is 8.23. The van der Waals surface area contributed by atoms with Gasteiger partial charge in [-0.05, 0) is 48.2 Å². The maximum Gasteiger partial charge on any atom is 0.335 e. The average molecular weight is 343 g/mol. The highest BCUT2D eigenvalue weighted by molar-refractivity contribution is 5.87. The normalized spacial score (nSPS) is 13.1. The SMILES string of the molecule is COc1ccc(C(C)C(C)NCc2ccc(C(=O)O)cc2)cc1OC. The van der Waals surface area contributed by atoms with Gasteiger partial charge in [-0.1, -0.05) is 25.1 Å². The molecule has 0 fully saturated rings. The highest BCUT2D eigenvalue weighted by Crippen LogP contribution is 2.31. The summed E-state index contributed by atoms with van der Waals surface area (Å²) in [6.07, 6.45) is 0. The van der Waals surface area contributed by atoms with Crippen LogP contribution in [0.4, 0.5) is 0 Å². The number of hydrogen-bond acceptors (Lipinski definition) is 4. The molecular formula is C20H25NO4. The Morgan fingerprint density at radius 3 is 2.24 bits per heavy atom. The van der Waals surface area contributed by atoms with Crippen molar-refractivity contribution in [3.63, 3.8) is 0 Å². The molecule has 2 aromatic carbocycles. The van der Waals surface area contributed by atoms with Gasteiger partial charge >= 0.3 is 5.97 Å². The maximum atomic E-state index is 10.9. The molecule has 0 aliphatic carbocycles. The van der Waals surface area contributed by atoms with Crippen molar-refractivity contribution in [3.05, 3.63) is 59.2 Å². The number of carboxylic acids is 1. The van der Waals surface area contributed by atoms with E-state index in [1.54, 1.807) is 26.4 Å². The Morgan fingerprint density at radius 1 is 1.04 bits per heavy atom. The lowest BCUT2D eigenvalue weighted by Gasteiger charge is -2.23. The topological polar surface area (TPSA) is 67.8 Å². The Balaban J connectivity index is 2.00. The minimum atomic E-state index is -0.907. The van der Waals surface area contributed by atoms with Gasteiger partial charge in [0, 0.05) is 12.6 Å². The van der Waals surface area contributed by atoms with E-state index >= 15 is 0 Å². The van der Waals surface area contributed by atoms with Crippen LogP contribution in [0, 0.1) is 0 Å². The molecule has 2 N–H and O–H groups in total. The summed E-state index contributed by atoms with van der Waals surface area (Å²) >= 11 is 0. The predicted molar refractivity (Wildman–Crippen MR) is 97.7 cm³/mol. The molecule has 0 aliphatic rings. The van der Waals surface area contributed by atoms with Crippen LogP contribution in [0.2, 0.25) is 0 Å². The maximum absolute atomic E-state index is 10.9. The monoisotopic (exact) mass is 343 g/mol. The van der Waals surface area contributed by atoms with Crippen LogP contribution in [-0.4, -0.2) is 31.3 Å². The fourth-order valence-corrected chi connectivity index (χ4v) is 2.65. The Morgan fingerprint density at radius 2 is 1.68 bits per heavy atom. The van der Waals surface area contributed by atoms with Gasteiger partial charge < -0.3 is 19.9 Å². The fraction of sp³-hybridized carbons (Fsp3) is 0.350. The first kappa shape index (κ1) is 18.8. The van der Waals surface area contributed by atoms with E-state index in [4.69, 9.17) is 14.6 Å². The fourth-order valence-electron chi connectivity index (χ4n) is 2.65. The highest BCUT2D eigenvalue weighted by Gasteiger charge is 2.16. The number of nitrogens with one attached hydrogen (secondary N) is 1. The van der Waals surface area contributed by atoms with Crippen molar-refractivity contribution >= 4 is 5.97 Å². The lowest BCUT2D eigenvalue weighted by Crippen LogP contribution is -2.30. The van der Waals surface area contributed by atoms with E-state index in [0.717, 1.165) is 17.1 Å². The number of benzene rings is 2. The van der Waals surface area contributed by atoms with Crippen LogP contribution < -0.4 is 14.8 Å². The molecule has 5 nitrogen and oxygen atoms in total. The van der Waals surface area contributed by atoms with E-state index in [9.17, 15) is 4.79 Å². The van der Waals surface area contributed by atoms with Gasteiger partial charge in [-0.3, -0.25) is 0 Å². The molecule has 5 heteroatoms. The third-order valence-electron chi connectivity index (χ3n) is 4.51. The number of rotatable bonds is 8. The van der Waals surface area contributed by atoms with Gasteiger partial charge in [0.05, 0.1) is 19.8 Å². The molecule has 0 amide bonds. The second-order valence-corrected chi connectivity index (χ2v) is 6.07. The first-order chi connectivity index (χ1) is 12.0. The zero-order valence-electron chi connectivity index (χ0n) is 15.1. The largest absolute Gasteiger partial charge is 0.493 e. The number of ether oxygens (including phenoxy) is 2. The Kier molecular flexibility index (Phi) is 6.42. The number of aromatic carboxylic acids is 1. The number of carbonyl (C=O) groups is 1. The van der Waals surface area contributed by atoms with E-state index in [0.29, 0.717) is 12.1 Å². The predicted octanol–water partition coefficient (Wildman–Crippen LogP) is 3.68. The summed E-state index contributed by atoms with van der Waals surface area (Å²) in [4.78, 5) is 10.9. The molecule has 0 radical (unpaired) electrons. The van der Waals surface area contributed by atoms with Gasteiger partial charge in [-0.15, -0.1) is 0 Å². The number of methoxy groups -OCH3 is 2. The van der Waals surface area contributed by atoms with E-state index in [-0.39, 0.29) is 12.0 Å². The smallest absolute Gasteiger partial charge is 0.335 e. The molecule has 2 rings (SSSR count). The van der Waals surface area contributed by atoms with Crippen molar-refractivity contribution in [1.82, 2.24) is 5.32 Å². The van der Waals surface area contributed by atoms with Crippen molar-refractivity contribution in [2.24, 2.45) is 0 Å². The van der Waals surface area contributed by atoms with Crippen molar-refractivity contribution < 1.29 is 19.4 Å². The number of carboxylic acid groups (broad SMARTS) is 1. The van der Waals surface area contributed by atoms with Crippen LogP contribution >= 0.6 is 0 Å². The first-order valence-electron chi connectivity index (χ1n) is 8.23. The van der Waals surface area contributed by atoms with E-state index in [1.807, 2.05) is 30.3 Å². The molecule has 2 atom stereocenters. The van der Waals surface area contributed by atoms with E-state index < -0.39 is 5.97 Å². The zero-order valence-corrected chi connectivity index (χ0v) is 15.1. The van der Waals surface area contributed by atoms with Crippen molar-refractivity contribution in [1.29, 1.82) is 0 Å². The molecule has 0 aliphatic heterocycles. The summed E-state index contributed by atoms with van der Waals surface area (Å²) < 4.78 is 10.7. The van der Waals surface area contributed by atoms with Crippen LogP contribution in [0.25, 0.3) is 0 Å². The van der Waals surface area contributed by atoms with E-state index in [2.05, 4.69) is 19.2 Å². The Bertz CT molecular complexity index is 712. The Labute approximate surface area is 148 Å². The van der Waals surface area contributed by atoms with Crippen LogP contribution in [-0.2, 0) is 6.54 Å². The molecule has 134 valence electrons. The standard InChI is InChI=1S/C20H25NO4/c1-13(17-9-10-18(24-3)19(11-17)25-4)14(2)21-12-15-5-7-16(8-6-15)20(22)23/h5-11,13-14,21H,12H2,1-4H3,(H,22,23). The molecule has 0 spiro atoms. The lowest BCUT2D eigenvalue weighted by atomic mass is 9.94. The third-order valence-corrected chi connectivity index (χ3v) is 4.51. The Hall–Kier alpha value is -2.53. The molecule has 25 heavy (non-hydrogen) atoms. The molecule has 2 unspecified atom stereocenters. The van der Waals surface area contributed by atoms with Crippen LogP contribution in [0.15, 0.2) is 42.5 Å². The van der Waals surface area contributed by atoms with Crippen molar-refractivity contribution in [2.75, 3.05) is 14.2 Å². The minimum Gasteiger partial charge on any atom is -0.493 e. The molecule has 2 aromatic rings. The van der Waals surface area contributed by atoms with Gasteiger partial charge in [0.2, 0.25) is 0 Å². The highest BCUT2D eigenvalue weighted by atomic mass is 16.5. The molecule has 0 bridgehead atoms. The molecule has 0 saturated carbocycles. The summed E-state index contributed by atoms with van der Waals surface area (Å²) in [5.41, 5.74) is 2.52. The minimum absolute atomic E-state index is 0.234. The quantitative estimate of drug-likeness (QED) is 0.765. The molecule has 0 aromatic heterocycles. The van der Waals surface area contributed by atoms with Crippen molar-refractivity contribution in [3.8, 4) is 11.5 Å². The van der Waals surface area contributed by atoms with Gasteiger partial charge in [0.25, 0.3) is 0 Å². The summed E-state index contributed by atoms with van der Waals surface area (Å²) in [5.74, 6) is 0.814. The van der Waals surface area contributed by atoms with Crippen LogP contribution in [0.1, 0.15) is 41.3 Å². The van der Waals surface area contributed by atoms with Crippen molar-refractivity contribution in [2.45, 2.75) is 32.4 Å². The third kappa shape index (κ3) is 4.73. The molecule has 0 heterocycles. The molecule has 0 saturated heterocycles. The second kappa shape index (κ2) is 8.53. The molecular weight excluding hydrogens is 318 g/mol. The summed E-state index contributed by atoms with van der Waals surface area (Å²) in [5, 5.41) is 12.4. The van der Waals surface area contributed by atoms with E-state index in [1.165, 1.54) is 5.56 Å². The summed E-state index contributed by atoms with van der Waals surface area (Å²) in [6, 6.07) is 13.1. The average Bonchev–Trinajstić information content (AvgIpc) is 2.65. The summed E-state index contributed by atoms with van der Waals surface area (Å²) in [7, 11) is 3.26.